The average molecular weight is 230 g/mol. The second-order valence-corrected chi connectivity index (χ2v) is 4.14. The van der Waals surface area contributed by atoms with Crippen LogP contribution in [-0.4, -0.2) is 31.0 Å². The monoisotopic (exact) mass is 230 g/mol. The van der Waals surface area contributed by atoms with Gasteiger partial charge in [-0.3, -0.25) is 5.41 Å². The van der Waals surface area contributed by atoms with Gasteiger partial charge in [-0.1, -0.05) is 18.2 Å². The Balaban J connectivity index is 2.10. The molecule has 0 spiro atoms. The minimum atomic E-state index is 0.158. The van der Waals surface area contributed by atoms with E-state index in [4.69, 9.17) is 11.1 Å². The zero-order valence-electron chi connectivity index (χ0n) is 10.0. The maximum Gasteiger partial charge on any atom is 0.188 e. The molecule has 0 fully saturated rings. The van der Waals surface area contributed by atoms with Gasteiger partial charge in [0.1, 0.15) is 0 Å². The predicted octanol–water partition coefficient (Wildman–Crippen LogP) is 1.71. The maximum atomic E-state index is 7.38. The molecule has 1 aliphatic heterocycles. The van der Waals surface area contributed by atoms with Crippen LogP contribution in [0.2, 0.25) is 0 Å². The second-order valence-electron chi connectivity index (χ2n) is 4.14. The Hall–Kier alpha value is -1.97. The van der Waals surface area contributed by atoms with Crippen molar-refractivity contribution < 1.29 is 0 Å². The van der Waals surface area contributed by atoms with Crippen LogP contribution in [0.1, 0.15) is 12.0 Å². The first-order chi connectivity index (χ1) is 8.20. The van der Waals surface area contributed by atoms with E-state index in [1.807, 2.05) is 11.9 Å². The third kappa shape index (κ3) is 2.58. The molecule has 1 heterocycles. The first-order valence-electron chi connectivity index (χ1n) is 5.77. The highest BCUT2D eigenvalue weighted by molar-refractivity contribution is 5.77. The molecule has 0 radical (unpaired) electrons. The fourth-order valence-electron chi connectivity index (χ4n) is 2.00. The summed E-state index contributed by atoms with van der Waals surface area (Å²) in [5.41, 5.74) is 9.18. The molecule has 1 aromatic rings. The molecular weight excluding hydrogens is 212 g/mol. The number of rotatable bonds is 2. The highest BCUT2D eigenvalue weighted by Crippen LogP contribution is 2.23. The lowest BCUT2D eigenvalue weighted by molar-refractivity contribution is 0.451. The van der Waals surface area contributed by atoms with Crippen LogP contribution in [0.3, 0.4) is 0 Å². The summed E-state index contributed by atoms with van der Waals surface area (Å²) < 4.78 is 0. The zero-order valence-corrected chi connectivity index (χ0v) is 10.0. The normalized spacial score (nSPS) is 15.4. The summed E-state index contributed by atoms with van der Waals surface area (Å²) in [4.78, 5) is 1.87. The fraction of sp³-hybridized carbons (Fsp3) is 0.308. The van der Waals surface area contributed by atoms with Crippen molar-refractivity contribution in [3.8, 4) is 0 Å². The molecule has 90 valence electrons. The number of hydrogen-bond donors (Lipinski definition) is 3. The number of guanidine groups is 1. The van der Waals surface area contributed by atoms with E-state index in [1.54, 1.807) is 0 Å². The van der Waals surface area contributed by atoms with Crippen LogP contribution in [0.4, 0.5) is 5.69 Å². The molecular formula is C13H18N4. The van der Waals surface area contributed by atoms with Gasteiger partial charge in [-0.2, -0.15) is 0 Å². The Kier molecular flexibility index (Phi) is 3.32. The lowest BCUT2D eigenvalue weighted by Crippen LogP contribution is -2.39. The van der Waals surface area contributed by atoms with E-state index in [-0.39, 0.29) is 5.96 Å². The molecule has 4 N–H and O–H groups in total. The van der Waals surface area contributed by atoms with E-state index in [9.17, 15) is 0 Å². The zero-order chi connectivity index (χ0) is 12.3. The van der Waals surface area contributed by atoms with Crippen molar-refractivity contribution in [2.75, 3.05) is 25.5 Å². The van der Waals surface area contributed by atoms with Gasteiger partial charge in [-0.15, -0.1) is 0 Å². The molecule has 0 amide bonds. The predicted molar refractivity (Wildman–Crippen MR) is 72.1 cm³/mol. The molecule has 0 saturated carbocycles. The Bertz CT molecular complexity index is 433. The lowest BCUT2D eigenvalue weighted by atomic mass is 9.99. The number of nitrogens with zero attached hydrogens (tertiary/aromatic N) is 1. The van der Waals surface area contributed by atoms with Crippen molar-refractivity contribution in [1.82, 2.24) is 4.90 Å². The van der Waals surface area contributed by atoms with Crippen molar-refractivity contribution in [3.05, 3.63) is 35.9 Å². The Morgan fingerprint density at radius 1 is 1.35 bits per heavy atom. The summed E-state index contributed by atoms with van der Waals surface area (Å²) in [6.07, 6.45) is 3.10. The minimum absolute atomic E-state index is 0.158. The molecule has 1 aliphatic rings. The standard InChI is InChI=1S/C13H18N4/c1-16-12-4-2-10(3-5-12)11-6-8-17(9-7-11)13(14)15/h2-6,16H,7-9H2,1H3,(H3,14,15). The van der Waals surface area contributed by atoms with Crippen LogP contribution >= 0.6 is 0 Å². The van der Waals surface area contributed by atoms with E-state index in [0.29, 0.717) is 0 Å². The van der Waals surface area contributed by atoms with Crippen molar-refractivity contribution in [2.45, 2.75) is 6.42 Å². The summed E-state index contributed by atoms with van der Waals surface area (Å²) in [6, 6.07) is 8.41. The van der Waals surface area contributed by atoms with Crippen LogP contribution in [0.5, 0.6) is 0 Å². The Labute approximate surface area is 102 Å². The number of benzene rings is 1. The van der Waals surface area contributed by atoms with Crippen molar-refractivity contribution in [3.63, 3.8) is 0 Å². The third-order valence-corrected chi connectivity index (χ3v) is 3.09. The average Bonchev–Trinajstić information content (AvgIpc) is 2.39. The number of nitrogens with two attached hydrogens (primary N) is 1. The van der Waals surface area contributed by atoms with Crippen molar-refractivity contribution in [2.24, 2.45) is 5.73 Å². The molecule has 0 bridgehead atoms. The molecule has 4 heteroatoms. The first kappa shape index (κ1) is 11.5. The van der Waals surface area contributed by atoms with E-state index >= 15 is 0 Å². The summed E-state index contributed by atoms with van der Waals surface area (Å²) >= 11 is 0. The molecule has 0 atom stereocenters. The van der Waals surface area contributed by atoms with Crippen molar-refractivity contribution >= 4 is 17.2 Å². The van der Waals surface area contributed by atoms with Gasteiger partial charge in [0.25, 0.3) is 0 Å². The smallest absolute Gasteiger partial charge is 0.188 e. The molecule has 2 rings (SSSR count). The largest absolute Gasteiger partial charge is 0.388 e. The van der Waals surface area contributed by atoms with Crippen LogP contribution in [-0.2, 0) is 0 Å². The van der Waals surface area contributed by atoms with E-state index in [1.165, 1.54) is 11.1 Å². The number of anilines is 1. The quantitative estimate of drug-likeness (QED) is 0.535. The molecule has 4 nitrogen and oxygen atoms in total. The highest BCUT2D eigenvalue weighted by atomic mass is 15.2. The lowest BCUT2D eigenvalue weighted by Gasteiger charge is -2.26. The molecule has 0 aromatic heterocycles. The van der Waals surface area contributed by atoms with E-state index in [0.717, 1.165) is 25.2 Å². The highest BCUT2D eigenvalue weighted by Gasteiger charge is 2.13. The maximum absolute atomic E-state index is 7.38. The van der Waals surface area contributed by atoms with Gasteiger partial charge < -0.3 is 16.0 Å². The molecule has 0 saturated heterocycles. The Morgan fingerprint density at radius 3 is 2.53 bits per heavy atom. The Morgan fingerprint density at radius 2 is 2.06 bits per heavy atom. The van der Waals surface area contributed by atoms with Gasteiger partial charge in [0.2, 0.25) is 0 Å². The molecule has 1 aromatic carbocycles. The number of hydrogen-bond acceptors (Lipinski definition) is 2. The van der Waals surface area contributed by atoms with E-state index < -0.39 is 0 Å². The van der Waals surface area contributed by atoms with Crippen LogP contribution in [0.25, 0.3) is 5.57 Å². The fourth-order valence-corrected chi connectivity index (χ4v) is 2.00. The van der Waals surface area contributed by atoms with Crippen LogP contribution < -0.4 is 11.1 Å². The summed E-state index contributed by atoms with van der Waals surface area (Å²) in [7, 11) is 1.92. The first-order valence-corrected chi connectivity index (χ1v) is 5.77. The van der Waals surface area contributed by atoms with Crippen LogP contribution in [0.15, 0.2) is 30.3 Å². The van der Waals surface area contributed by atoms with Gasteiger partial charge in [-0.05, 0) is 29.7 Å². The minimum Gasteiger partial charge on any atom is -0.388 e. The van der Waals surface area contributed by atoms with Crippen LogP contribution in [0, 0.1) is 5.41 Å². The summed E-state index contributed by atoms with van der Waals surface area (Å²) in [5.74, 6) is 0.158. The summed E-state index contributed by atoms with van der Waals surface area (Å²) in [5, 5.41) is 10.5. The molecule has 17 heavy (non-hydrogen) atoms. The van der Waals surface area contributed by atoms with Crippen molar-refractivity contribution in [1.29, 1.82) is 5.41 Å². The van der Waals surface area contributed by atoms with Gasteiger partial charge >= 0.3 is 0 Å². The van der Waals surface area contributed by atoms with Gasteiger partial charge in [0.15, 0.2) is 5.96 Å². The second kappa shape index (κ2) is 4.91. The third-order valence-electron chi connectivity index (χ3n) is 3.09. The van der Waals surface area contributed by atoms with Gasteiger partial charge in [0.05, 0.1) is 0 Å². The molecule has 0 unspecified atom stereocenters. The number of nitrogens with one attached hydrogen (secondary N) is 2. The van der Waals surface area contributed by atoms with E-state index in [2.05, 4.69) is 35.7 Å². The SMILES string of the molecule is CNc1ccc(C2=CCN(C(=N)N)CC2)cc1. The molecule has 0 aliphatic carbocycles. The van der Waals surface area contributed by atoms with Gasteiger partial charge in [0, 0.05) is 25.8 Å². The van der Waals surface area contributed by atoms with Gasteiger partial charge in [-0.25, -0.2) is 0 Å². The topological polar surface area (TPSA) is 65.1 Å². The summed E-state index contributed by atoms with van der Waals surface area (Å²) in [6.45, 7) is 1.56.